The van der Waals surface area contributed by atoms with E-state index in [1.165, 1.54) is 11.1 Å². The maximum absolute atomic E-state index is 11.4. The molecule has 3 heteroatoms. The van der Waals surface area contributed by atoms with Crippen molar-refractivity contribution >= 4 is 5.97 Å². The van der Waals surface area contributed by atoms with Gasteiger partial charge in [-0.3, -0.25) is 4.79 Å². The van der Waals surface area contributed by atoms with Crippen molar-refractivity contribution in [1.29, 1.82) is 0 Å². The van der Waals surface area contributed by atoms with Gasteiger partial charge >= 0.3 is 5.97 Å². The maximum Gasteiger partial charge on any atom is 0.308 e. The average Bonchev–Trinajstić information content (AvgIpc) is 2.74. The van der Waals surface area contributed by atoms with Gasteiger partial charge in [0.05, 0.1) is 5.92 Å². The van der Waals surface area contributed by atoms with Crippen molar-refractivity contribution < 1.29 is 9.90 Å². The van der Waals surface area contributed by atoms with Crippen molar-refractivity contribution in [1.82, 2.24) is 5.32 Å². The first-order chi connectivity index (χ1) is 8.24. The number of fused-ring (bicyclic) bond motifs is 2. The second-order valence-electron chi connectivity index (χ2n) is 5.19. The smallest absolute Gasteiger partial charge is 0.308 e. The third-order valence-corrected chi connectivity index (χ3v) is 4.38. The highest BCUT2D eigenvalue weighted by atomic mass is 16.4. The van der Waals surface area contributed by atoms with Gasteiger partial charge in [-0.2, -0.15) is 0 Å². The number of aliphatic carboxylic acids is 1. The van der Waals surface area contributed by atoms with Crippen LogP contribution in [0.1, 0.15) is 24.0 Å². The fraction of sp³-hybridized carbons (Fsp3) is 0.500. The van der Waals surface area contributed by atoms with E-state index >= 15 is 0 Å². The van der Waals surface area contributed by atoms with Gasteiger partial charge in [-0.15, -0.1) is 0 Å². The van der Waals surface area contributed by atoms with Gasteiger partial charge in [-0.25, -0.2) is 0 Å². The number of aryl methyl sites for hydroxylation is 1. The standard InChI is InChI=1S/C14H17NO2/c16-13(17)12-8-15-9-14(12)7-3-5-10-4-1-2-6-11(10)14/h1-2,4,6,12,15H,3,5,7-9H2,(H,16,17). The molecule has 1 aromatic carbocycles. The first-order valence-electron chi connectivity index (χ1n) is 6.26. The third kappa shape index (κ3) is 1.49. The van der Waals surface area contributed by atoms with Crippen molar-refractivity contribution in [3.05, 3.63) is 35.4 Å². The van der Waals surface area contributed by atoms with Crippen molar-refractivity contribution in [3.63, 3.8) is 0 Å². The van der Waals surface area contributed by atoms with E-state index in [0.29, 0.717) is 6.54 Å². The van der Waals surface area contributed by atoms with E-state index in [0.717, 1.165) is 25.8 Å². The van der Waals surface area contributed by atoms with Crippen LogP contribution in [-0.2, 0) is 16.6 Å². The topological polar surface area (TPSA) is 49.3 Å². The van der Waals surface area contributed by atoms with Gasteiger partial charge in [0.25, 0.3) is 0 Å². The molecule has 1 saturated heterocycles. The Morgan fingerprint density at radius 2 is 2.24 bits per heavy atom. The summed E-state index contributed by atoms with van der Waals surface area (Å²) in [6, 6.07) is 8.35. The molecular formula is C14H17NO2. The zero-order valence-corrected chi connectivity index (χ0v) is 9.78. The Kier molecular flexibility index (Phi) is 2.44. The molecule has 90 valence electrons. The molecule has 17 heavy (non-hydrogen) atoms. The molecule has 0 radical (unpaired) electrons. The van der Waals surface area contributed by atoms with Crippen LogP contribution in [0.5, 0.6) is 0 Å². The van der Waals surface area contributed by atoms with Gasteiger partial charge in [0.15, 0.2) is 0 Å². The molecule has 3 nitrogen and oxygen atoms in total. The number of carbonyl (C=O) groups is 1. The highest BCUT2D eigenvalue weighted by Crippen LogP contribution is 2.44. The summed E-state index contributed by atoms with van der Waals surface area (Å²) in [6.07, 6.45) is 3.18. The lowest BCUT2D eigenvalue weighted by atomic mass is 9.64. The van der Waals surface area contributed by atoms with Crippen LogP contribution in [0.4, 0.5) is 0 Å². The van der Waals surface area contributed by atoms with Crippen molar-refractivity contribution in [2.75, 3.05) is 13.1 Å². The Bertz CT molecular complexity index is 457. The quantitative estimate of drug-likeness (QED) is 0.771. The predicted molar refractivity (Wildman–Crippen MR) is 65.1 cm³/mol. The molecule has 1 aliphatic heterocycles. The molecule has 2 unspecified atom stereocenters. The Morgan fingerprint density at radius 1 is 1.41 bits per heavy atom. The summed E-state index contributed by atoms with van der Waals surface area (Å²) >= 11 is 0. The van der Waals surface area contributed by atoms with Crippen molar-refractivity contribution in [3.8, 4) is 0 Å². The predicted octanol–water partition coefficient (Wildman–Crippen LogP) is 1.56. The number of nitrogens with one attached hydrogen (secondary N) is 1. The molecule has 2 atom stereocenters. The Hall–Kier alpha value is -1.35. The third-order valence-electron chi connectivity index (χ3n) is 4.38. The Labute approximate surface area is 101 Å². The highest BCUT2D eigenvalue weighted by Gasteiger charge is 2.49. The van der Waals surface area contributed by atoms with E-state index in [9.17, 15) is 9.90 Å². The maximum atomic E-state index is 11.4. The fourth-order valence-electron chi connectivity index (χ4n) is 3.58. The number of hydrogen-bond donors (Lipinski definition) is 2. The summed E-state index contributed by atoms with van der Waals surface area (Å²) in [5.74, 6) is -0.935. The van der Waals surface area contributed by atoms with Crippen LogP contribution in [0, 0.1) is 5.92 Å². The summed E-state index contributed by atoms with van der Waals surface area (Å²) in [6.45, 7) is 1.41. The molecule has 3 rings (SSSR count). The minimum absolute atomic E-state index is 0.166. The highest BCUT2D eigenvalue weighted by molar-refractivity contribution is 5.74. The first kappa shape index (κ1) is 10.8. The SMILES string of the molecule is O=C(O)C1CNCC12CCCc1ccccc12. The van der Waals surface area contributed by atoms with Crippen LogP contribution >= 0.6 is 0 Å². The summed E-state index contributed by atoms with van der Waals surface area (Å²) in [5, 5.41) is 12.7. The summed E-state index contributed by atoms with van der Waals surface area (Å²) in [5.41, 5.74) is 2.44. The molecule has 1 spiro atoms. The molecule has 1 heterocycles. The van der Waals surface area contributed by atoms with Gasteiger partial charge < -0.3 is 10.4 Å². The molecule has 0 amide bonds. The lowest BCUT2D eigenvalue weighted by molar-refractivity contribution is -0.143. The Balaban J connectivity index is 2.12. The monoisotopic (exact) mass is 231 g/mol. The molecular weight excluding hydrogens is 214 g/mol. The van der Waals surface area contributed by atoms with Gasteiger partial charge in [-0.1, -0.05) is 24.3 Å². The van der Waals surface area contributed by atoms with E-state index in [4.69, 9.17) is 0 Å². The summed E-state index contributed by atoms with van der Waals surface area (Å²) in [7, 11) is 0. The minimum atomic E-state index is -0.660. The molecule has 1 fully saturated rings. The molecule has 0 aromatic heterocycles. The lowest BCUT2D eigenvalue weighted by Crippen LogP contribution is -2.42. The molecule has 2 N–H and O–H groups in total. The van der Waals surface area contributed by atoms with E-state index in [2.05, 4.69) is 23.5 Å². The second-order valence-corrected chi connectivity index (χ2v) is 5.19. The van der Waals surface area contributed by atoms with Gasteiger partial charge in [0, 0.05) is 18.5 Å². The van der Waals surface area contributed by atoms with Gasteiger partial charge in [-0.05, 0) is 30.4 Å². The van der Waals surface area contributed by atoms with Crippen molar-refractivity contribution in [2.45, 2.75) is 24.7 Å². The zero-order valence-electron chi connectivity index (χ0n) is 9.78. The van der Waals surface area contributed by atoms with Crippen LogP contribution in [0.3, 0.4) is 0 Å². The average molecular weight is 231 g/mol. The largest absolute Gasteiger partial charge is 0.481 e. The number of carboxylic acid groups (broad SMARTS) is 1. The van der Waals surface area contributed by atoms with Crippen LogP contribution in [0.25, 0.3) is 0 Å². The normalized spacial score (nSPS) is 31.4. The summed E-state index contributed by atoms with van der Waals surface area (Å²) in [4.78, 5) is 11.4. The fourth-order valence-corrected chi connectivity index (χ4v) is 3.58. The summed E-state index contributed by atoms with van der Waals surface area (Å²) < 4.78 is 0. The number of benzene rings is 1. The zero-order chi connectivity index (χ0) is 11.9. The van der Waals surface area contributed by atoms with Crippen LogP contribution in [0.2, 0.25) is 0 Å². The number of carboxylic acids is 1. The van der Waals surface area contributed by atoms with E-state index in [1.54, 1.807) is 0 Å². The molecule has 1 aromatic rings. The van der Waals surface area contributed by atoms with E-state index in [1.807, 2.05) is 6.07 Å². The first-order valence-corrected chi connectivity index (χ1v) is 6.26. The molecule has 2 aliphatic rings. The molecule has 0 bridgehead atoms. The molecule has 0 saturated carbocycles. The number of rotatable bonds is 1. The lowest BCUT2D eigenvalue weighted by Gasteiger charge is -2.38. The van der Waals surface area contributed by atoms with Crippen molar-refractivity contribution in [2.24, 2.45) is 5.92 Å². The van der Waals surface area contributed by atoms with E-state index in [-0.39, 0.29) is 11.3 Å². The van der Waals surface area contributed by atoms with Crippen LogP contribution in [0.15, 0.2) is 24.3 Å². The van der Waals surface area contributed by atoms with E-state index < -0.39 is 5.97 Å². The second kappa shape index (κ2) is 3.84. The van der Waals surface area contributed by atoms with Crippen LogP contribution < -0.4 is 5.32 Å². The minimum Gasteiger partial charge on any atom is -0.481 e. The van der Waals surface area contributed by atoms with Crippen LogP contribution in [-0.4, -0.2) is 24.2 Å². The number of hydrogen-bond acceptors (Lipinski definition) is 2. The van der Waals surface area contributed by atoms with Gasteiger partial charge in [0.2, 0.25) is 0 Å². The Morgan fingerprint density at radius 3 is 3.06 bits per heavy atom. The molecule has 1 aliphatic carbocycles. The van der Waals surface area contributed by atoms with Gasteiger partial charge in [0.1, 0.15) is 0 Å².